The number of hydrogen-bond donors (Lipinski definition) is 2. The summed E-state index contributed by atoms with van der Waals surface area (Å²) in [6.45, 7) is 4.15. The molecule has 2 heterocycles. The smallest absolute Gasteiger partial charge is 0.223 e. The first-order chi connectivity index (χ1) is 10.6. The van der Waals surface area contributed by atoms with Gasteiger partial charge in [0.1, 0.15) is 0 Å². The van der Waals surface area contributed by atoms with Gasteiger partial charge in [-0.25, -0.2) is 0 Å². The van der Waals surface area contributed by atoms with E-state index in [0.29, 0.717) is 12.1 Å². The van der Waals surface area contributed by atoms with Gasteiger partial charge in [0.25, 0.3) is 0 Å². The van der Waals surface area contributed by atoms with Crippen LogP contribution in [0.5, 0.6) is 0 Å². The first-order valence-corrected chi connectivity index (χ1v) is 8.44. The van der Waals surface area contributed by atoms with Crippen molar-refractivity contribution in [3.63, 3.8) is 0 Å². The van der Waals surface area contributed by atoms with Gasteiger partial charge in [0.2, 0.25) is 5.91 Å². The molecule has 2 aliphatic heterocycles. The second-order valence-electron chi connectivity index (χ2n) is 6.82. The van der Waals surface area contributed by atoms with Crippen molar-refractivity contribution in [1.82, 2.24) is 15.5 Å². The summed E-state index contributed by atoms with van der Waals surface area (Å²) in [5, 5.41) is 6.75. The Bertz CT molecular complexity index is 504. The SMILES string of the molecule is C[C@H]1C[C@@H](C(=O)NC2CCN(C)C2c2ccccc2)CCN1. The van der Waals surface area contributed by atoms with Crippen LogP contribution in [0.3, 0.4) is 0 Å². The molecule has 1 amide bonds. The van der Waals surface area contributed by atoms with Gasteiger partial charge in [0.15, 0.2) is 0 Å². The second kappa shape index (κ2) is 6.80. The average molecular weight is 301 g/mol. The van der Waals surface area contributed by atoms with Gasteiger partial charge in [0.05, 0.1) is 6.04 Å². The van der Waals surface area contributed by atoms with Crippen LogP contribution in [-0.2, 0) is 4.79 Å². The Morgan fingerprint density at radius 2 is 2.05 bits per heavy atom. The van der Waals surface area contributed by atoms with Gasteiger partial charge in [-0.15, -0.1) is 0 Å². The molecule has 3 rings (SSSR count). The van der Waals surface area contributed by atoms with Crippen molar-refractivity contribution in [3.05, 3.63) is 35.9 Å². The van der Waals surface area contributed by atoms with E-state index in [9.17, 15) is 4.79 Å². The normalized spacial score (nSPS) is 32.8. The Labute approximate surface area is 133 Å². The Morgan fingerprint density at radius 1 is 1.27 bits per heavy atom. The molecule has 4 atom stereocenters. The van der Waals surface area contributed by atoms with Crippen LogP contribution in [0.15, 0.2) is 30.3 Å². The number of carbonyl (C=O) groups excluding carboxylic acids is 1. The molecule has 0 radical (unpaired) electrons. The number of rotatable bonds is 3. The number of piperidine rings is 1. The highest BCUT2D eigenvalue weighted by molar-refractivity contribution is 5.79. The number of amides is 1. The average Bonchev–Trinajstić information content (AvgIpc) is 2.89. The van der Waals surface area contributed by atoms with Crippen molar-refractivity contribution < 1.29 is 4.79 Å². The van der Waals surface area contributed by atoms with Crippen molar-refractivity contribution in [2.24, 2.45) is 5.92 Å². The molecule has 4 heteroatoms. The number of likely N-dealkylation sites (N-methyl/N-ethyl adjacent to an activating group) is 1. The first-order valence-electron chi connectivity index (χ1n) is 8.44. The molecule has 2 fully saturated rings. The molecule has 0 bridgehead atoms. The Kier molecular flexibility index (Phi) is 4.79. The van der Waals surface area contributed by atoms with Crippen molar-refractivity contribution in [2.75, 3.05) is 20.1 Å². The van der Waals surface area contributed by atoms with Crippen LogP contribution in [-0.4, -0.2) is 43.0 Å². The standard InChI is InChI=1S/C18H27N3O/c1-13-12-15(8-10-19-13)18(22)20-16-9-11-21(2)17(16)14-6-4-3-5-7-14/h3-7,13,15-17,19H,8-12H2,1-2H3,(H,20,22)/t13-,15-,16?,17?/m0/s1. The molecule has 0 spiro atoms. The highest BCUT2D eigenvalue weighted by Gasteiger charge is 2.35. The molecule has 22 heavy (non-hydrogen) atoms. The Morgan fingerprint density at radius 3 is 2.77 bits per heavy atom. The maximum Gasteiger partial charge on any atom is 0.223 e. The zero-order valence-corrected chi connectivity index (χ0v) is 13.6. The zero-order valence-electron chi connectivity index (χ0n) is 13.6. The van der Waals surface area contributed by atoms with Crippen LogP contribution in [0, 0.1) is 5.92 Å². The second-order valence-corrected chi connectivity index (χ2v) is 6.82. The first kappa shape index (κ1) is 15.5. The topological polar surface area (TPSA) is 44.4 Å². The van der Waals surface area contributed by atoms with E-state index in [0.717, 1.165) is 32.4 Å². The lowest BCUT2D eigenvalue weighted by Gasteiger charge is -2.30. The predicted molar refractivity (Wildman–Crippen MR) is 88.5 cm³/mol. The third kappa shape index (κ3) is 3.33. The van der Waals surface area contributed by atoms with Crippen LogP contribution in [0.2, 0.25) is 0 Å². The minimum Gasteiger partial charge on any atom is -0.351 e. The molecular weight excluding hydrogens is 274 g/mol. The van der Waals surface area contributed by atoms with E-state index < -0.39 is 0 Å². The molecular formula is C18H27N3O. The minimum absolute atomic E-state index is 0.165. The van der Waals surface area contributed by atoms with Gasteiger partial charge in [0, 0.05) is 24.5 Å². The fourth-order valence-electron chi connectivity index (χ4n) is 3.91. The lowest BCUT2D eigenvalue weighted by atomic mass is 9.91. The van der Waals surface area contributed by atoms with Gasteiger partial charge in [-0.2, -0.15) is 0 Å². The molecule has 2 unspecified atom stereocenters. The van der Waals surface area contributed by atoms with E-state index in [1.165, 1.54) is 5.56 Å². The molecule has 4 nitrogen and oxygen atoms in total. The highest BCUT2D eigenvalue weighted by Crippen LogP contribution is 2.31. The molecule has 120 valence electrons. The van der Waals surface area contributed by atoms with E-state index in [2.05, 4.69) is 53.8 Å². The van der Waals surface area contributed by atoms with Gasteiger partial charge in [-0.05, 0) is 45.3 Å². The van der Waals surface area contributed by atoms with Crippen LogP contribution in [0.25, 0.3) is 0 Å². The van der Waals surface area contributed by atoms with Crippen LogP contribution >= 0.6 is 0 Å². The van der Waals surface area contributed by atoms with E-state index >= 15 is 0 Å². The molecule has 2 aliphatic rings. The summed E-state index contributed by atoms with van der Waals surface area (Å²) in [5.41, 5.74) is 1.30. The maximum atomic E-state index is 12.6. The summed E-state index contributed by atoms with van der Waals surface area (Å²) >= 11 is 0. The summed E-state index contributed by atoms with van der Waals surface area (Å²) < 4.78 is 0. The number of hydrogen-bond acceptors (Lipinski definition) is 3. The third-order valence-corrected chi connectivity index (χ3v) is 5.11. The largest absolute Gasteiger partial charge is 0.351 e. The quantitative estimate of drug-likeness (QED) is 0.897. The van der Waals surface area contributed by atoms with Crippen LogP contribution in [0.1, 0.15) is 37.8 Å². The van der Waals surface area contributed by atoms with Crippen molar-refractivity contribution >= 4 is 5.91 Å². The predicted octanol–water partition coefficient (Wildman–Crippen LogP) is 1.94. The minimum atomic E-state index is 0.165. The maximum absolute atomic E-state index is 12.6. The molecule has 1 aromatic rings. The summed E-state index contributed by atoms with van der Waals surface area (Å²) in [4.78, 5) is 15.0. The lowest BCUT2D eigenvalue weighted by molar-refractivity contribution is -0.127. The van der Waals surface area contributed by atoms with E-state index in [-0.39, 0.29) is 17.9 Å². The third-order valence-electron chi connectivity index (χ3n) is 5.11. The summed E-state index contributed by atoms with van der Waals surface area (Å²) in [6.07, 6.45) is 2.93. The Balaban J connectivity index is 1.67. The molecule has 0 aromatic heterocycles. The van der Waals surface area contributed by atoms with Gasteiger partial charge >= 0.3 is 0 Å². The van der Waals surface area contributed by atoms with Gasteiger partial charge < -0.3 is 10.6 Å². The van der Waals surface area contributed by atoms with Gasteiger partial charge in [-0.3, -0.25) is 9.69 Å². The monoisotopic (exact) mass is 301 g/mol. The summed E-state index contributed by atoms with van der Waals surface area (Å²) in [5.74, 6) is 0.410. The summed E-state index contributed by atoms with van der Waals surface area (Å²) in [7, 11) is 2.15. The van der Waals surface area contributed by atoms with E-state index in [1.54, 1.807) is 0 Å². The van der Waals surface area contributed by atoms with E-state index in [1.807, 2.05) is 6.07 Å². The van der Waals surface area contributed by atoms with Crippen molar-refractivity contribution in [3.8, 4) is 0 Å². The molecule has 2 N–H and O–H groups in total. The molecule has 1 aromatic carbocycles. The molecule has 2 saturated heterocycles. The Hall–Kier alpha value is -1.39. The van der Waals surface area contributed by atoms with Crippen molar-refractivity contribution in [1.29, 1.82) is 0 Å². The fraction of sp³-hybridized carbons (Fsp3) is 0.611. The summed E-state index contributed by atoms with van der Waals surface area (Å²) in [6, 6.07) is 11.5. The number of nitrogens with one attached hydrogen (secondary N) is 2. The van der Waals surface area contributed by atoms with Crippen LogP contribution in [0.4, 0.5) is 0 Å². The fourth-order valence-corrected chi connectivity index (χ4v) is 3.91. The number of carbonyl (C=O) groups is 1. The number of nitrogens with zero attached hydrogens (tertiary/aromatic N) is 1. The number of likely N-dealkylation sites (tertiary alicyclic amines) is 1. The highest BCUT2D eigenvalue weighted by atomic mass is 16.2. The lowest BCUT2D eigenvalue weighted by Crippen LogP contribution is -2.46. The molecule has 0 saturated carbocycles. The van der Waals surface area contributed by atoms with Gasteiger partial charge in [-0.1, -0.05) is 30.3 Å². The number of benzene rings is 1. The van der Waals surface area contributed by atoms with Crippen LogP contribution < -0.4 is 10.6 Å². The molecule has 0 aliphatic carbocycles. The van der Waals surface area contributed by atoms with Crippen molar-refractivity contribution in [2.45, 2.75) is 44.3 Å². The van der Waals surface area contributed by atoms with E-state index in [4.69, 9.17) is 0 Å². The zero-order chi connectivity index (χ0) is 15.5.